The van der Waals surface area contributed by atoms with E-state index in [2.05, 4.69) is 36.6 Å². The molecule has 0 atom stereocenters. The molecule has 1 aliphatic rings. The van der Waals surface area contributed by atoms with Crippen molar-refractivity contribution >= 4 is 16.8 Å². The van der Waals surface area contributed by atoms with Gasteiger partial charge in [-0.25, -0.2) is 9.99 Å². The third-order valence-corrected chi connectivity index (χ3v) is 4.96. The summed E-state index contributed by atoms with van der Waals surface area (Å²) < 4.78 is 5.36. The van der Waals surface area contributed by atoms with Gasteiger partial charge in [-0.2, -0.15) is 0 Å². The molecule has 2 aromatic carbocycles. The Morgan fingerprint density at radius 2 is 1.74 bits per heavy atom. The molecule has 0 saturated carbocycles. The van der Waals surface area contributed by atoms with Gasteiger partial charge in [-0.3, -0.25) is 10.2 Å². The van der Waals surface area contributed by atoms with Crippen LogP contribution in [0.2, 0.25) is 0 Å². The molecule has 2 heterocycles. The first-order chi connectivity index (χ1) is 13.1. The Hall–Kier alpha value is -2.76. The average molecular weight is 361 g/mol. The van der Waals surface area contributed by atoms with E-state index in [1.165, 1.54) is 5.56 Å². The van der Waals surface area contributed by atoms with Gasteiger partial charge in [0.1, 0.15) is 0 Å². The summed E-state index contributed by atoms with van der Waals surface area (Å²) in [6.07, 6.45) is 0. The molecule has 5 heteroatoms. The Labute approximate surface area is 158 Å². The predicted molar refractivity (Wildman–Crippen MR) is 107 cm³/mol. The van der Waals surface area contributed by atoms with Gasteiger partial charge in [0.05, 0.1) is 30.0 Å². The fourth-order valence-electron chi connectivity index (χ4n) is 3.47. The second-order valence-corrected chi connectivity index (χ2v) is 6.88. The smallest absolute Gasteiger partial charge is 0.266 e. The van der Waals surface area contributed by atoms with Gasteiger partial charge in [0.2, 0.25) is 0 Å². The summed E-state index contributed by atoms with van der Waals surface area (Å²) in [6, 6.07) is 16.1. The number of amides is 1. The van der Waals surface area contributed by atoms with Crippen molar-refractivity contribution in [1.29, 1.82) is 0 Å². The number of aryl methyl sites for hydroxylation is 1. The number of para-hydroxylation sites is 1. The number of morpholine rings is 1. The van der Waals surface area contributed by atoms with Crippen LogP contribution in [0.25, 0.3) is 22.2 Å². The molecule has 1 saturated heterocycles. The lowest BCUT2D eigenvalue weighted by Crippen LogP contribution is -2.48. The van der Waals surface area contributed by atoms with Crippen LogP contribution in [0.1, 0.15) is 21.5 Å². The highest BCUT2D eigenvalue weighted by Crippen LogP contribution is 2.29. The summed E-state index contributed by atoms with van der Waals surface area (Å²) in [4.78, 5) is 18.0. The third-order valence-electron chi connectivity index (χ3n) is 4.96. The number of aromatic nitrogens is 1. The number of hydrazine groups is 1. The first-order valence-corrected chi connectivity index (χ1v) is 9.23. The van der Waals surface area contributed by atoms with Crippen molar-refractivity contribution in [2.45, 2.75) is 13.8 Å². The standard InChI is InChI=1S/C22H23N3O2/c1-15-7-9-17(10-8-15)21-16(2)20(18-5-3-4-6-19(18)23-21)22(26)24-25-11-13-27-14-12-25/h3-10H,11-14H2,1-2H3,(H,24,26). The Bertz CT molecular complexity index is 977. The molecule has 3 aromatic rings. The summed E-state index contributed by atoms with van der Waals surface area (Å²) in [5.74, 6) is -0.0960. The molecule has 1 N–H and O–H groups in total. The molecule has 0 unspecified atom stereocenters. The Kier molecular flexibility index (Phi) is 4.88. The van der Waals surface area contributed by atoms with E-state index < -0.39 is 0 Å². The molecule has 4 rings (SSSR count). The van der Waals surface area contributed by atoms with Crippen molar-refractivity contribution in [1.82, 2.24) is 15.4 Å². The Morgan fingerprint density at radius 1 is 1.04 bits per heavy atom. The lowest BCUT2D eigenvalue weighted by atomic mass is 9.97. The summed E-state index contributed by atoms with van der Waals surface area (Å²) >= 11 is 0. The molecule has 0 aliphatic carbocycles. The molecule has 138 valence electrons. The fourth-order valence-corrected chi connectivity index (χ4v) is 3.47. The summed E-state index contributed by atoms with van der Waals surface area (Å²) in [7, 11) is 0. The predicted octanol–water partition coefficient (Wildman–Crippen LogP) is 3.50. The highest BCUT2D eigenvalue weighted by molar-refractivity contribution is 6.08. The maximum Gasteiger partial charge on any atom is 0.266 e. The summed E-state index contributed by atoms with van der Waals surface area (Å²) in [6.45, 7) is 6.68. The van der Waals surface area contributed by atoms with Crippen LogP contribution < -0.4 is 5.43 Å². The van der Waals surface area contributed by atoms with E-state index in [4.69, 9.17) is 9.72 Å². The Morgan fingerprint density at radius 3 is 2.48 bits per heavy atom. The van der Waals surface area contributed by atoms with Gasteiger partial charge in [-0.15, -0.1) is 0 Å². The van der Waals surface area contributed by atoms with E-state index in [1.54, 1.807) is 0 Å². The van der Waals surface area contributed by atoms with Crippen LogP contribution in [0.3, 0.4) is 0 Å². The van der Waals surface area contributed by atoms with Gasteiger partial charge < -0.3 is 4.74 Å². The maximum absolute atomic E-state index is 13.2. The van der Waals surface area contributed by atoms with Gasteiger partial charge in [-0.1, -0.05) is 48.0 Å². The van der Waals surface area contributed by atoms with Crippen molar-refractivity contribution in [2.75, 3.05) is 26.3 Å². The Balaban J connectivity index is 1.81. The second-order valence-electron chi connectivity index (χ2n) is 6.88. The van der Waals surface area contributed by atoms with Gasteiger partial charge in [0.15, 0.2) is 0 Å². The van der Waals surface area contributed by atoms with Gasteiger partial charge >= 0.3 is 0 Å². The molecule has 27 heavy (non-hydrogen) atoms. The number of nitrogens with one attached hydrogen (secondary N) is 1. The van der Waals surface area contributed by atoms with Crippen LogP contribution in [0, 0.1) is 13.8 Å². The normalized spacial score (nSPS) is 15.0. The van der Waals surface area contributed by atoms with Crippen LogP contribution >= 0.6 is 0 Å². The molecule has 1 aliphatic heterocycles. The monoisotopic (exact) mass is 361 g/mol. The molecule has 1 fully saturated rings. The third kappa shape index (κ3) is 3.56. The van der Waals surface area contributed by atoms with Crippen LogP contribution in [0.15, 0.2) is 48.5 Å². The number of hydrogen-bond donors (Lipinski definition) is 1. The molecule has 0 radical (unpaired) electrons. The fraction of sp³-hybridized carbons (Fsp3) is 0.273. The average Bonchev–Trinajstić information content (AvgIpc) is 2.69. The number of rotatable bonds is 3. The number of carbonyl (C=O) groups is 1. The maximum atomic E-state index is 13.2. The zero-order valence-corrected chi connectivity index (χ0v) is 15.7. The van der Waals surface area contributed by atoms with Crippen molar-refractivity contribution in [2.24, 2.45) is 0 Å². The van der Waals surface area contributed by atoms with Gasteiger partial charge in [0.25, 0.3) is 5.91 Å². The van der Waals surface area contributed by atoms with E-state index in [9.17, 15) is 4.79 Å². The number of carbonyl (C=O) groups excluding carboxylic acids is 1. The van der Waals surface area contributed by atoms with E-state index >= 15 is 0 Å². The van der Waals surface area contributed by atoms with E-state index in [0.29, 0.717) is 31.9 Å². The number of hydrogen-bond acceptors (Lipinski definition) is 4. The van der Waals surface area contributed by atoms with Crippen molar-refractivity contribution in [3.05, 3.63) is 65.2 Å². The zero-order valence-electron chi connectivity index (χ0n) is 15.7. The SMILES string of the molecule is Cc1ccc(-c2nc3ccccc3c(C(=O)NN3CCOCC3)c2C)cc1. The van der Waals surface area contributed by atoms with Gasteiger partial charge in [0, 0.05) is 24.0 Å². The minimum Gasteiger partial charge on any atom is -0.379 e. The minimum atomic E-state index is -0.0960. The topological polar surface area (TPSA) is 54.5 Å². The number of ether oxygens (including phenoxy) is 1. The first kappa shape index (κ1) is 17.6. The number of pyridine rings is 1. The quantitative estimate of drug-likeness (QED) is 0.776. The molecule has 1 aromatic heterocycles. The largest absolute Gasteiger partial charge is 0.379 e. The molecule has 1 amide bonds. The van der Waals surface area contributed by atoms with E-state index in [0.717, 1.165) is 27.7 Å². The lowest BCUT2D eigenvalue weighted by molar-refractivity contribution is 0.0126. The first-order valence-electron chi connectivity index (χ1n) is 9.23. The van der Waals surface area contributed by atoms with E-state index in [1.807, 2.05) is 36.2 Å². The summed E-state index contributed by atoms with van der Waals surface area (Å²) in [5, 5.41) is 2.79. The van der Waals surface area contributed by atoms with Crippen LogP contribution in [0.5, 0.6) is 0 Å². The number of fused-ring (bicyclic) bond motifs is 1. The van der Waals surface area contributed by atoms with Crippen molar-refractivity contribution in [3.63, 3.8) is 0 Å². The van der Waals surface area contributed by atoms with Gasteiger partial charge in [-0.05, 0) is 25.5 Å². The molecule has 0 spiro atoms. The number of benzene rings is 2. The highest BCUT2D eigenvalue weighted by atomic mass is 16.5. The highest BCUT2D eigenvalue weighted by Gasteiger charge is 2.21. The second kappa shape index (κ2) is 7.47. The van der Waals surface area contributed by atoms with Crippen LogP contribution in [0.4, 0.5) is 0 Å². The van der Waals surface area contributed by atoms with Crippen molar-refractivity contribution in [3.8, 4) is 11.3 Å². The van der Waals surface area contributed by atoms with Crippen LogP contribution in [-0.2, 0) is 4.74 Å². The zero-order chi connectivity index (χ0) is 18.8. The van der Waals surface area contributed by atoms with E-state index in [-0.39, 0.29) is 5.91 Å². The van der Waals surface area contributed by atoms with Crippen LogP contribution in [-0.4, -0.2) is 42.2 Å². The summed E-state index contributed by atoms with van der Waals surface area (Å²) in [5.41, 5.74) is 8.50. The molecular formula is C22H23N3O2. The lowest BCUT2D eigenvalue weighted by Gasteiger charge is -2.27. The number of nitrogens with zero attached hydrogens (tertiary/aromatic N) is 2. The minimum absolute atomic E-state index is 0.0960. The molecular weight excluding hydrogens is 338 g/mol. The molecule has 5 nitrogen and oxygen atoms in total. The van der Waals surface area contributed by atoms with Crippen molar-refractivity contribution < 1.29 is 9.53 Å². The molecule has 0 bridgehead atoms.